The minimum atomic E-state index is -0.268. The van der Waals surface area contributed by atoms with E-state index in [0.717, 1.165) is 49.3 Å². The summed E-state index contributed by atoms with van der Waals surface area (Å²) in [5.74, 6) is 1.26. The fraction of sp³-hybridized carbons (Fsp3) is 0.391. The number of carbonyl (C=O) groups is 1. The number of nitrogens with one attached hydrogen (secondary N) is 2. The van der Waals surface area contributed by atoms with Crippen molar-refractivity contribution in [3.63, 3.8) is 0 Å². The molecule has 0 aliphatic rings. The highest BCUT2D eigenvalue weighted by molar-refractivity contribution is 7.80. The number of amides is 1. The molecule has 0 saturated heterocycles. The van der Waals surface area contributed by atoms with Crippen molar-refractivity contribution in [2.75, 3.05) is 18.5 Å². The Balaban J connectivity index is 1.82. The van der Waals surface area contributed by atoms with Gasteiger partial charge in [0.15, 0.2) is 5.11 Å². The van der Waals surface area contributed by atoms with E-state index in [1.807, 2.05) is 24.3 Å². The number of benzene rings is 2. The molecule has 2 aromatic rings. The Labute approximate surface area is 178 Å². The molecule has 0 heterocycles. The van der Waals surface area contributed by atoms with Crippen LogP contribution in [0.4, 0.5) is 5.69 Å². The van der Waals surface area contributed by atoms with Crippen LogP contribution in [0.5, 0.6) is 11.5 Å². The van der Waals surface area contributed by atoms with Crippen LogP contribution in [0.25, 0.3) is 0 Å². The highest BCUT2D eigenvalue weighted by atomic mass is 32.1. The maximum absolute atomic E-state index is 12.4. The Kier molecular flexibility index (Phi) is 10.00. The van der Waals surface area contributed by atoms with Crippen molar-refractivity contribution in [2.45, 2.75) is 46.0 Å². The van der Waals surface area contributed by atoms with Crippen LogP contribution in [-0.2, 0) is 0 Å². The van der Waals surface area contributed by atoms with Gasteiger partial charge in [-0.15, -0.1) is 0 Å². The first kappa shape index (κ1) is 22.7. The molecule has 0 aliphatic heterocycles. The van der Waals surface area contributed by atoms with Gasteiger partial charge in [-0.1, -0.05) is 39.2 Å². The van der Waals surface area contributed by atoms with Crippen LogP contribution in [0.3, 0.4) is 0 Å². The quantitative estimate of drug-likeness (QED) is 0.372. The summed E-state index contributed by atoms with van der Waals surface area (Å²) in [4.78, 5) is 12.4. The van der Waals surface area contributed by atoms with Crippen molar-refractivity contribution >= 4 is 28.9 Å². The highest BCUT2D eigenvalue weighted by Crippen LogP contribution is 2.18. The van der Waals surface area contributed by atoms with Crippen molar-refractivity contribution in [1.29, 1.82) is 0 Å². The lowest BCUT2D eigenvalue weighted by molar-refractivity contribution is 0.0977. The SMILES string of the molecule is CCCCCOc1ccc(C(=O)NC(=S)Nc2cccc(OCCCC)c2)cc1. The molecule has 29 heavy (non-hydrogen) atoms. The zero-order valence-electron chi connectivity index (χ0n) is 17.2. The molecule has 0 spiro atoms. The largest absolute Gasteiger partial charge is 0.494 e. The van der Waals surface area contributed by atoms with Crippen molar-refractivity contribution in [3.8, 4) is 11.5 Å². The lowest BCUT2D eigenvalue weighted by atomic mass is 10.2. The van der Waals surface area contributed by atoms with Gasteiger partial charge in [-0.25, -0.2) is 0 Å². The number of unbranched alkanes of at least 4 members (excludes halogenated alkanes) is 3. The summed E-state index contributed by atoms with van der Waals surface area (Å²) >= 11 is 5.26. The number of rotatable bonds is 11. The molecule has 0 unspecified atom stereocenters. The summed E-state index contributed by atoms with van der Waals surface area (Å²) in [7, 11) is 0. The summed E-state index contributed by atoms with van der Waals surface area (Å²) in [6.45, 7) is 5.65. The molecule has 0 aliphatic carbocycles. The van der Waals surface area contributed by atoms with Gasteiger partial charge in [0.05, 0.1) is 13.2 Å². The van der Waals surface area contributed by atoms with Gasteiger partial charge in [0.25, 0.3) is 5.91 Å². The van der Waals surface area contributed by atoms with E-state index in [9.17, 15) is 4.79 Å². The minimum Gasteiger partial charge on any atom is -0.494 e. The summed E-state index contributed by atoms with van der Waals surface area (Å²) in [5.41, 5.74) is 1.28. The van der Waals surface area contributed by atoms with Crippen LogP contribution in [0.1, 0.15) is 56.3 Å². The van der Waals surface area contributed by atoms with Gasteiger partial charge < -0.3 is 14.8 Å². The summed E-state index contributed by atoms with van der Waals surface area (Å²) in [5, 5.41) is 5.95. The first-order chi connectivity index (χ1) is 14.1. The molecule has 2 aromatic carbocycles. The van der Waals surface area contributed by atoms with E-state index in [-0.39, 0.29) is 11.0 Å². The van der Waals surface area contributed by atoms with Gasteiger partial charge in [-0.3, -0.25) is 10.1 Å². The van der Waals surface area contributed by atoms with Crippen LogP contribution in [0.2, 0.25) is 0 Å². The molecule has 2 N–H and O–H groups in total. The second-order valence-corrected chi connectivity index (χ2v) is 7.13. The van der Waals surface area contributed by atoms with E-state index in [2.05, 4.69) is 24.5 Å². The maximum atomic E-state index is 12.4. The predicted octanol–water partition coefficient (Wildman–Crippen LogP) is 5.56. The third-order valence-corrected chi connectivity index (χ3v) is 4.42. The molecule has 0 atom stereocenters. The maximum Gasteiger partial charge on any atom is 0.257 e. The monoisotopic (exact) mass is 414 g/mol. The van der Waals surface area contributed by atoms with Crippen LogP contribution in [0, 0.1) is 0 Å². The number of hydrogen-bond acceptors (Lipinski definition) is 4. The smallest absolute Gasteiger partial charge is 0.257 e. The average Bonchev–Trinajstić information content (AvgIpc) is 2.72. The molecule has 6 heteroatoms. The predicted molar refractivity (Wildman–Crippen MR) is 122 cm³/mol. The fourth-order valence-electron chi connectivity index (χ4n) is 2.58. The molecule has 2 rings (SSSR count). The van der Waals surface area contributed by atoms with E-state index in [0.29, 0.717) is 18.8 Å². The molecule has 0 bridgehead atoms. The fourth-order valence-corrected chi connectivity index (χ4v) is 2.79. The number of ether oxygens (including phenoxy) is 2. The molecule has 5 nitrogen and oxygen atoms in total. The Hall–Kier alpha value is -2.60. The van der Waals surface area contributed by atoms with Gasteiger partial charge in [0.1, 0.15) is 11.5 Å². The molecule has 0 aromatic heterocycles. The topological polar surface area (TPSA) is 59.6 Å². The summed E-state index contributed by atoms with van der Waals surface area (Å²) < 4.78 is 11.4. The first-order valence-electron chi connectivity index (χ1n) is 10.2. The highest BCUT2D eigenvalue weighted by Gasteiger charge is 2.09. The van der Waals surface area contributed by atoms with E-state index in [1.165, 1.54) is 0 Å². The zero-order chi connectivity index (χ0) is 20.9. The van der Waals surface area contributed by atoms with Gasteiger partial charge in [0, 0.05) is 17.3 Å². The molecule has 0 fully saturated rings. The standard InChI is InChI=1S/C23H30N2O3S/c1-3-5-7-16-27-20-13-11-18(12-14-20)22(26)25-23(29)24-19-9-8-10-21(17-19)28-15-6-4-2/h8-14,17H,3-7,15-16H2,1-2H3,(H2,24,25,26,29). The Bertz CT molecular complexity index is 778. The second kappa shape index (κ2) is 12.8. The number of carbonyl (C=O) groups excluding carboxylic acids is 1. The van der Waals surface area contributed by atoms with Gasteiger partial charge in [-0.2, -0.15) is 0 Å². The molecule has 0 saturated carbocycles. The number of hydrogen-bond donors (Lipinski definition) is 2. The molecule has 1 amide bonds. The molecular formula is C23H30N2O3S. The molecular weight excluding hydrogens is 384 g/mol. The third kappa shape index (κ3) is 8.52. The van der Waals surface area contributed by atoms with Crippen molar-refractivity contribution < 1.29 is 14.3 Å². The lowest BCUT2D eigenvalue weighted by Crippen LogP contribution is -2.34. The van der Waals surface area contributed by atoms with Gasteiger partial charge in [-0.05, 0) is 61.5 Å². The van der Waals surface area contributed by atoms with Crippen molar-refractivity contribution in [3.05, 3.63) is 54.1 Å². The minimum absolute atomic E-state index is 0.237. The number of anilines is 1. The van der Waals surface area contributed by atoms with Crippen LogP contribution >= 0.6 is 12.2 Å². The van der Waals surface area contributed by atoms with E-state index in [1.54, 1.807) is 24.3 Å². The molecule has 156 valence electrons. The van der Waals surface area contributed by atoms with E-state index >= 15 is 0 Å². The van der Waals surface area contributed by atoms with Crippen molar-refractivity contribution in [2.24, 2.45) is 0 Å². The number of thiocarbonyl (C=S) groups is 1. The van der Waals surface area contributed by atoms with Crippen molar-refractivity contribution in [1.82, 2.24) is 5.32 Å². The third-order valence-electron chi connectivity index (χ3n) is 4.22. The Morgan fingerprint density at radius 1 is 0.897 bits per heavy atom. The van der Waals surface area contributed by atoms with Crippen LogP contribution in [0.15, 0.2) is 48.5 Å². The van der Waals surface area contributed by atoms with Gasteiger partial charge >= 0.3 is 0 Å². The van der Waals surface area contributed by atoms with Gasteiger partial charge in [0.2, 0.25) is 0 Å². The second-order valence-electron chi connectivity index (χ2n) is 6.72. The van der Waals surface area contributed by atoms with Crippen LogP contribution in [-0.4, -0.2) is 24.2 Å². The zero-order valence-corrected chi connectivity index (χ0v) is 18.0. The van der Waals surface area contributed by atoms with E-state index < -0.39 is 0 Å². The Morgan fingerprint density at radius 2 is 1.59 bits per heavy atom. The normalized spacial score (nSPS) is 10.3. The first-order valence-corrected chi connectivity index (χ1v) is 10.6. The van der Waals surface area contributed by atoms with E-state index in [4.69, 9.17) is 21.7 Å². The summed E-state index contributed by atoms with van der Waals surface area (Å²) in [6.07, 6.45) is 5.43. The Morgan fingerprint density at radius 3 is 2.31 bits per heavy atom. The molecule has 0 radical (unpaired) electrons. The lowest BCUT2D eigenvalue weighted by Gasteiger charge is -2.12. The summed E-state index contributed by atoms with van der Waals surface area (Å²) in [6, 6.07) is 14.6. The van der Waals surface area contributed by atoms with Crippen LogP contribution < -0.4 is 20.1 Å². The average molecular weight is 415 g/mol.